The van der Waals surface area contributed by atoms with Crippen LogP contribution in [-0.2, 0) is 19.0 Å². The van der Waals surface area contributed by atoms with Gasteiger partial charge in [-0.2, -0.15) is 0 Å². The second-order valence-corrected chi connectivity index (χ2v) is 4.71. The summed E-state index contributed by atoms with van der Waals surface area (Å²) in [6.45, 7) is 3.29. The molecule has 0 radical (unpaired) electrons. The van der Waals surface area contributed by atoms with Crippen molar-refractivity contribution in [3.05, 3.63) is 0 Å². The van der Waals surface area contributed by atoms with E-state index in [-0.39, 0.29) is 31.0 Å². The number of rotatable bonds is 3. The van der Waals surface area contributed by atoms with Gasteiger partial charge in [-0.25, -0.2) is 4.79 Å². The van der Waals surface area contributed by atoms with E-state index in [1.54, 1.807) is 0 Å². The molecule has 0 spiro atoms. The van der Waals surface area contributed by atoms with Crippen LogP contribution in [-0.4, -0.2) is 47.8 Å². The van der Waals surface area contributed by atoms with Crippen molar-refractivity contribution in [3.8, 4) is 0 Å². The molecule has 1 aliphatic heterocycles. The lowest BCUT2D eigenvalue weighted by Gasteiger charge is -2.22. The van der Waals surface area contributed by atoms with Gasteiger partial charge in [-0.3, -0.25) is 0 Å². The molecule has 0 aromatic carbocycles. The third-order valence-electron chi connectivity index (χ3n) is 2.88. The zero-order valence-electron chi connectivity index (χ0n) is 9.38. The van der Waals surface area contributed by atoms with Crippen molar-refractivity contribution in [2.75, 3.05) is 6.61 Å². The molecule has 0 unspecified atom stereocenters. The number of ether oxygens (including phenoxy) is 3. The van der Waals surface area contributed by atoms with Crippen LogP contribution in [0, 0.1) is 0 Å². The predicted octanol–water partition coefficient (Wildman–Crippen LogP) is -0.293. The number of carboxylic acids is 1. The molecule has 1 heterocycles. The maximum atomic E-state index is 10.4. The van der Waals surface area contributed by atoms with Crippen molar-refractivity contribution < 1.29 is 24.1 Å². The van der Waals surface area contributed by atoms with Gasteiger partial charge < -0.3 is 25.1 Å². The standard InChI is InChI=1S/C10H17NO5/c1-10(2)15-8-5(11)3-6(9(8)16-10)14-4-7(12)13/h5-6,8-9H,3-4,11H2,1-2H3,(H,12,13)/t5-,6+,8+,9-/m1/s1. The SMILES string of the molecule is CC1(C)O[C@@H]2[C@H](O1)[C@@H](OCC(=O)O)C[C@H]2N. The summed E-state index contributed by atoms with van der Waals surface area (Å²) in [7, 11) is 0. The minimum absolute atomic E-state index is 0.162. The molecular weight excluding hydrogens is 214 g/mol. The summed E-state index contributed by atoms with van der Waals surface area (Å²) in [6.07, 6.45) is -0.186. The highest BCUT2D eigenvalue weighted by molar-refractivity contribution is 5.68. The van der Waals surface area contributed by atoms with Crippen LogP contribution in [0.3, 0.4) is 0 Å². The third-order valence-corrected chi connectivity index (χ3v) is 2.88. The Morgan fingerprint density at radius 1 is 1.50 bits per heavy atom. The van der Waals surface area contributed by atoms with Gasteiger partial charge in [0.25, 0.3) is 0 Å². The Bertz CT molecular complexity index is 293. The molecule has 0 amide bonds. The maximum Gasteiger partial charge on any atom is 0.329 e. The van der Waals surface area contributed by atoms with Gasteiger partial charge >= 0.3 is 5.97 Å². The number of hydrogen-bond donors (Lipinski definition) is 2. The first-order valence-corrected chi connectivity index (χ1v) is 5.34. The Kier molecular flexibility index (Phi) is 2.91. The zero-order valence-corrected chi connectivity index (χ0v) is 9.38. The average Bonchev–Trinajstić information content (AvgIpc) is 2.59. The molecule has 4 atom stereocenters. The monoisotopic (exact) mass is 231 g/mol. The van der Waals surface area contributed by atoms with Gasteiger partial charge in [0.1, 0.15) is 18.8 Å². The smallest absolute Gasteiger partial charge is 0.329 e. The molecule has 16 heavy (non-hydrogen) atoms. The highest BCUT2D eigenvalue weighted by Gasteiger charge is 2.53. The van der Waals surface area contributed by atoms with E-state index >= 15 is 0 Å². The summed E-state index contributed by atoms with van der Waals surface area (Å²) in [6, 6.07) is -0.162. The van der Waals surface area contributed by atoms with Crippen LogP contribution in [0.5, 0.6) is 0 Å². The molecule has 1 saturated carbocycles. The van der Waals surface area contributed by atoms with Crippen molar-refractivity contribution in [1.29, 1.82) is 0 Å². The molecular formula is C10H17NO5. The maximum absolute atomic E-state index is 10.4. The Hall–Kier alpha value is -0.690. The Balaban J connectivity index is 1.99. The molecule has 92 valence electrons. The highest BCUT2D eigenvalue weighted by Crippen LogP contribution is 2.38. The van der Waals surface area contributed by atoms with Crippen molar-refractivity contribution >= 4 is 5.97 Å². The van der Waals surface area contributed by atoms with E-state index in [1.807, 2.05) is 13.8 Å². The molecule has 2 aliphatic rings. The molecule has 6 heteroatoms. The van der Waals surface area contributed by atoms with Gasteiger partial charge in [0.15, 0.2) is 5.79 Å². The highest BCUT2D eigenvalue weighted by atomic mass is 16.8. The van der Waals surface area contributed by atoms with E-state index in [0.29, 0.717) is 6.42 Å². The minimum Gasteiger partial charge on any atom is -0.480 e. The average molecular weight is 231 g/mol. The lowest BCUT2D eigenvalue weighted by Crippen LogP contribution is -2.35. The predicted molar refractivity (Wildman–Crippen MR) is 53.8 cm³/mol. The minimum atomic E-state index is -0.991. The quantitative estimate of drug-likeness (QED) is 0.693. The van der Waals surface area contributed by atoms with Crippen LogP contribution in [0.2, 0.25) is 0 Å². The fourth-order valence-corrected chi connectivity index (χ4v) is 2.31. The number of fused-ring (bicyclic) bond motifs is 1. The summed E-state index contributed by atoms with van der Waals surface area (Å²) in [4.78, 5) is 10.4. The number of carbonyl (C=O) groups is 1. The summed E-state index contributed by atoms with van der Waals surface area (Å²) in [5, 5.41) is 8.55. The van der Waals surface area contributed by atoms with Crippen LogP contribution in [0.4, 0.5) is 0 Å². The van der Waals surface area contributed by atoms with Crippen molar-refractivity contribution in [2.24, 2.45) is 5.73 Å². The summed E-state index contributed by atoms with van der Waals surface area (Å²) >= 11 is 0. The number of nitrogens with two attached hydrogens (primary N) is 1. The number of carboxylic acid groups (broad SMARTS) is 1. The first-order valence-electron chi connectivity index (χ1n) is 5.34. The van der Waals surface area contributed by atoms with Crippen molar-refractivity contribution in [3.63, 3.8) is 0 Å². The van der Waals surface area contributed by atoms with Crippen LogP contribution in [0.1, 0.15) is 20.3 Å². The van der Waals surface area contributed by atoms with Gasteiger partial charge in [0.2, 0.25) is 0 Å². The van der Waals surface area contributed by atoms with Gasteiger partial charge in [0.05, 0.1) is 6.10 Å². The second-order valence-electron chi connectivity index (χ2n) is 4.71. The van der Waals surface area contributed by atoms with E-state index in [0.717, 1.165) is 0 Å². The zero-order chi connectivity index (χ0) is 11.9. The third kappa shape index (κ3) is 2.20. The molecule has 3 N–H and O–H groups in total. The molecule has 2 rings (SSSR count). The Morgan fingerprint density at radius 3 is 2.75 bits per heavy atom. The molecule has 0 aromatic heterocycles. The van der Waals surface area contributed by atoms with Crippen molar-refractivity contribution in [2.45, 2.75) is 50.4 Å². The Labute approximate surface area is 93.6 Å². The van der Waals surface area contributed by atoms with Gasteiger partial charge in [-0.05, 0) is 20.3 Å². The number of aliphatic carboxylic acids is 1. The molecule has 1 saturated heterocycles. The first-order chi connectivity index (χ1) is 7.39. The largest absolute Gasteiger partial charge is 0.480 e. The van der Waals surface area contributed by atoms with E-state index in [1.165, 1.54) is 0 Å². The van der Waals surface area contributed by atoms with E-state index in [2.05, 4.69) is 0 Å². The lowest BCUT2D eigenvalue weighted by molar-refractivity contribution is -0.170. The van der Waals surface area contributed by atoms with Crippen LogP contribution < -0.4 is 5.73 Å². The molecule has 0 bridgehead atoms. The fraction of sp³-hybridized carbons (Fsp3) is 0.900. The lowest BCUT2D eigenvalue weighted by atomic mass is 10.2. The summed E-state index contributed by atoms with van der Waals surface area (Å²) in [5.41, 5.74) is 5.91. The van der Waals surface area contributed by atoms with Gasteiger partial charge in [-0.15, -0.1) is 0 Å². The summed E-state index contributed by atoms with van der Waals surface area (Å²) in [5.74, 6) is -1.66. The Morgan fingerprint density at radius 2 is 2.12 bits per heavy atom. The first kappa shape index (κ1) is 11.8. The topological polar surface area (TPSA) is 91.0 Å². The van der Waals surface area contributed by atoms with Gasteiger partial charge in [-0.1, -0.05) is 0 Å². The van der Waals surface area contributed by atoms with Crippen LogP contribution >= 0.6 is 0 Å². The molecule has 2 fully saturated rings. The van der Waals surface area contributed by atoms with Gasteiger partial charge in [0, 0.05) is 6.04 Å². The molecule has 6 nitrogen and oxygen atoms in total. The normalized spacial score (nSPS) is 40.9. The van der Waals surface area contributed by atoms with Crippen LogP contribution in [0.15, 0.2) is 0 Å². The fourth-order valence-electron chi connectivity index (χ4n) is 2.31. The molecule has 0 aromatic rings. The van der Waals surface area contributed by atoms with Crippen LogP contribution in [0.25, 0.3) is 0 Å². The molecule has 1 aliphatic carbocycles. The van der Waals surface area contributed by atoms with E-state index in [4.69, 9.17) is 25.1 Å². The second kappa shape index (κ2) is 3.96. The van der Waals surface area contributed by atoms with E-state index < -0.39 is 11.8 Å². The van der Waals surface area contributed by atoms with E-state index in [9.17, 15) is 4.79 Å². The summed E-state index contributed by atoms with van der Waals surface area (Å²) < 4.78 is 16.6. The number of hydrogen-bond acceptors (Lipinski definition) is 5. The van der Waals surface area contributed by atoms with Crippen molar-refractivity contribution in [1.82, 2.24) is 0 Å².